The zero-order valence-electron chi connectivity index (χ0n) is 12.0. The van der Waals surface area contributed by atoms with E-state index in [2.05, 4.69) is 5.32 Å². The Hall–Kier alpha value is -2.11. The van der Waals surface area contributed by atoms with Crippen LogP contribution in [0, 0.1) is 0 Å². The number of likely N-dealkylation sites (N-methyl/N-ethyl adjacent to an activating group) is 1. The molecular weight excluding hydrogens is 268 g/mol. The second-order valence-corrected chi connectivity index (χ2v) is 4.82. The Balaban J connectivity index is 2.06. The fourth-order valence-electron chi connectivity index (χ4n) is 2.10. The highest BCUT2D eigenvalue weighted by Crippen LogP contribution is 2.16. The van der Waals surface area contributed by atoms with Crippen LogP contribution in [0.1, 0.15) is 17.4 Å². The van der Waals surface area contributed by atoms with Crippen molar-refractivity contribution in [3.63, 3.8) is 0 Å². The molecular formula is C16H20N2O3. The van der Waals surface area contributed by atoms with Crippen molar-refractivity contribution in [2.45, 2.75) is 12.6 Å². The van der Waals surface area contributed by atoms with Crippen molar-refractivity contribution in [1.82, 2.24) is 10.2 Å². The van der Waals surface area contributed by atoms with Crippen molar-refractivity contribution in [2.75, 3.05) is 20.1 Å². The Kier molecular flexibility index (Phi) is 5.54. The van der Waals surface area contributed by atoms with Gasteiger partial charge in [0.2, 0.25) is 5.91 Å². The molecule has 0 aliphatic rings. The van der Waals surface area contributed by atoms with Crippen LogP contribution < -0.4 is 5.32 Å². The minimum Gasteiger partial charge on any atom is -0.467 e. The van der Waals surface area contributed by atoms with Gasteiger partial charge in [0.1, 0.15) is 11.9 Å². The lowest BCUT2D eigenvalue weighted by Crippen LogP contribution is -2.39. The van der Waals surface area contributed by atoms with Crippen molar-refractivity contribution < 1.29 is 14.3 Å². The first-order valence-corrected chi connectivity index (χ1v) is 6.88. The lowest BCUT2D eigenvalue weighted by atomic mass is 10.2. The molecule has 2 N–H and O–H groups in total. The molecule has 0 bridgehead atoms. The molecule has 1 aromatic heterocycles. The highest BCUT2D eigenvalue weighted by molar-refractivity contribution is 5.78. The number of amides is 1. The topological polar surface area (TPSA) is 65.7 Å². The quantitative estimate of drug-likeness (QED) is 0.811. The third-order valence-corrected chi connectivity index (χ3v) is 3.16. The second kappa shape index (κ2) is 7.61. The van der Waals surface area contributed by atoms with Gasteiger partial charge in [0.25, 0.3) is 0 Å². The van der Waals surface area contributed by atoms with E-state index >= 15 is 0 Å². The van der Waals surface area contributed by atoms with Gasteiger partial charge in [0, 0.05) is 6.54 Å². The summed E-state index contributed by atoms with van der Waals surface area (Å²) in [5, 5.41) is 13.0. The third kappa shape index (κ3) is 4.44. The maximum Gasteiger partial charge on any atom is 0.236 e. The molecule has 0 saturated heterocycles. The summed E-state index contributed by atoms with van der Waals surface area (Å²) in [5.74, 6) is 0.400. The molecule has 0 aliphatic carbocycles. The van der Waals surface area contributed by atoms with Gasteiger partial charge in [-0.2, -0.15) is 0 Å². The number of rotatable bonds is 7. The molecule has 21 heavy (non-hydrogen) atoms. The van der Waals surface area contributed by atoms with Crippen LogP contribution in [0.3, 0.4) is 0 Å². The molecule has 1 unspecified atom stereocenters. The monoisotopic (exact) mass is 288 g/mol. The predicted octanol–water partition coefficient (Wildman–Crippen LogP) is 1.56. The van der Waals surface area contributed by atoms with Gasteiger partial charge < -0.3 is 19.7 Å². The van der Waals surface area contributed by atoms with Crippen molar-refractivity contribution in [3.05, 3.63) is 60.1 Å². The third-order valence-electron chi connectivity index (χ3n) is 3.16. The van der Waals surface area contributed by atoms with E-state index in [4.69, 9.17) is 4.42 Å². The van der Waals surface area contributed by atoms with Crippen LogP contribution in [0.5, 0.6) is 0 Å². The van der Waals surface area contributed by atoms with Crippen LogP contribution >= 0.6 is 0 Å². The van der Waals surface area contributed by atoms with Gasteiger partial charge in [0.05, 0.1) is 19.4 Å². The van der Waals surface area contributed by atoms with Gasteiger partial charge in [-0.3, -0.25) is 4.79 Å². The maximum atomic E-state index is 12.2. The number of hydrogen-bond acceptors (Lipinski definition) is 4. The van der Waals surface area contributed by atoms with E-state index in [1.165, 1.54) is 6.26 Å². The van der Waals surface area contributed by atoms with E-state index in [-0.39, 0.29) is 19.0 Å². The number of nitrogens with one attached hydrogen (secondary N) is 1. The first-order chi connectivity index (χ1) is 10.2. The highest BCUT2D eigenvalue weighted by atomic mass is 16.4. The van der Waals surface area contributed by atoms with E-state index in [0.717, 1.165) is 5.56 Å². The molecule has 0 aliphatic heterocycles. The minimum absolute atomic E-state index is 0.0630. The molecule has 1 aromatic carbocycles. The SMILES string of the molecule is CNCC(=O)N(Cc1ccccc1)CC(O)c1ccco1. The molecule has 2 rings (SSSR count). The summed E-state index contributed by atoms with van der Waals surface area (Å²) in [6.07, 6.45) is 0.680. The summed E-state index contributed by atoms with van der Waals surface area (Å²) in [7, 11) is 1.72. The van der Waals surface area contributed by atoms with Crippen molar-refractivity contribution >= 4 is 5.91 Å². The van der Waals surface area contributed by atoms with Crippen LogP contribution in [0.4, 0.5) is 0 Å². The summed E-state index contributed by atoms with van der Waals surface area (Å²) >= 11 is 0. The van der Waals surface area contributed by atoms with Crippen molar-refractivity contribution in [1.29, 1.82) is 0 Å². The van der Waals surface area contributed by atoms with Crippen LogP contribution in [0.25, 0.3) is 0 Å². The number of carbonyl (C=O) groups excluding carboxylic acids is 1. The average molecular weight is 288 g/mol. The number of furan rings is 1. The number of carbonyl (C=O) groups is 1. The number of nitrogens with zero attached hydrogens (tertiary/aromatic N) is 1. The fraction of sp³-hybridized carbons (Fsp3) is 0.312. The first kappa shape index (κ1) is 15.3. The smallest absolute Gasteiger partial charge is 0.236 e. The van der Waals surface area contributed by atoms with E-state index in [0.29, 0.717) is 12.3 Å². The van der Waals surface area contributed by atoms with Crippen LogP contribution in [-0.4, -0.2) is 36.1 Å². The maximum absolute atomic E-state index is 12.2. The molecule has 0 saturated carbocycles. The van der Waals surface area contributed by atoms with Gasteiger partial charge in [-0.05, 0) is 24.7 Å². The number of aliphatic hydroxyl groups is 1. The largest absolute Gasteiger partial charge is 0.467 e. The molecule has 0 radical (unpaired) electrons. The van der Waals surface area contributed by atoms with Gasteiger partial charge >= 0.3 is 0 Å². The Morgan fingerprint density at radius 3 is 2.67 bits per heavy atom. The van der Waals surface area contributed by atoms with Crippen LogP contribution in [0.15, 0.2) is 53.1 Å². The van der Waals surface area contributed by atoms with Gasteiger partial charge in [0.15, 0.2) is 0 Å². The molecule has 0 fully saturated rings. The van der Waals surface area contributed by atoms with E-state index in [1.807, 2.05) is 30.3 Å². The lowest BCUT2D eigenvalue weighted by molar-refractivity contribution is -0.132. The molecule has 1 atom stereocenters. The van der Waals surface area contributed by atoms with Gasteiger partial charge in [-0.1, -0.05) is 30.3 Å². The fourth-order valence-corrected chi connectivity index (χ4v) is 2.10. The molecule has 5 heteroatoms. The van der Waals surface area contributed by atoms with Crippen molar-refractivity contribution in [2.24, 2.45) is 0 Å². The molecule has 5 nitrogen and oxygen atoms in total. The van der Waals surface area contributed by atoms with Crippen LogP contribution in [0.2, 0.25) is 0 Å². The lowest BCUT2D eigenvalue weighted by Gasteiger charge is -2.25. The van der Waals surface area contributed by atoms with Gasteiger partial charge in [-0.25, -0.2) is 0 Å². The summed E-state index contributed by atoms with van der Waals surface area (Å²) in [5.41, 5.74) is 1.02. The van der Waals surface area contributed by atoms with Crippen molar-refractivity contribution in [3.8, 4) is 0 Å². The minimum atomic E-state index is -0.829. The first-order valence-electron chi connectivity index (χ1n) is 6.88. The number of aliphatic hydroxyl groups excluding tert-OH is 1. The molecule has 1 amide bonds. The summed E-state index contributed by atoms with van der Waals surface area (Å²) in [6, 6.07) is 13.1. The normalized spacial score (nSPS) is 12.1. The van der Waals surface area contributed by atoms with E-state index in [9.17, 15) is 9.90 Å². The molecule has 1 heterocycles. The van der Waals surface area contributed by atoms with Gasteiger partial charge in [-0.15, -0.1) is 0 Å². The molecule has 2 aromatic rings. The van der Waals surface area contributed by atoms with E-state index < -0.39 is 6.10 Å². The Morgan fingerprint density at radius 1 is 1.29 bits per heavy atom. The summed E-state index contributed by atoms with van der Waals surface area (Å²) in [4.78, 5) is 13.8. The number of benzene rings is 1. The van der Waals surface area contributed by atoms with Crippen LogP contribution in [-0.2, 0) is 11.3 Å². The summed E-state index contributed by atoms with van der Waals surface area (Å²) < 4.78 is 5.18. The molecule has 0 spiro atoms. The zero-order valence-corrected chi connectivity index (χ0v) is 12.0. The Labute approximate surface area is 124 Å². The standard InChI is InChI=1S/C16H20N2O3/c1-17-10-16(20)18(11-13-6-3-2-4-7-13)12-14(19)15-8-5-9-21-15/h2-9,14,17,19H,10-12H2,1H3. The Bertz CT molecular complexity index is 540. The predicted molar refractivity (Wildman–Crippen MR) is 79.5 cm³/mol. The number of hydrogen-bond donors (Lipinski definition) is 2. The highest BCUT2D eigenvalue weighted by Gasteiger charge is 2.20. The second-order valence-electron chi connectivity index (χ2n) is 4.82. The summed E-state index contributed by atoms with van der Waals surface area (Å²) in [6.45, 7) is 0.889. The average Bonchev–Trinajstić information content (AvgIpc) is 3.02. The van der Waals surface area contributed by atoms with E-state index in [1.54, 1.807) is 24.1 Å². The molecule has 112 valence electrons. The Morgan fingerprint density at radius 2 is 2.05 bits per heavy atom. The zero-order chi connectivity index (χ0) is 15.1.